The molecule has 2 aromatic carbocycles. The lowest BCUT2D eigenvalue weighted by molar-refractivity contribution is -0.396. The number of rotatable bonds is 8. The van der Waals surface area contributed by atoms with Gasteiger partial charge in [-0.25, -0.2) is 4.31 Å². The van der Waals surface area contributed by atoms with Crippen LogP contribution in [0.5, 0.6) is 0 Å². The Morgan fingerprint density at radius 1 is 1.22 bits per heavy atom. The van der Waals surface area contributed by atoms with Crippen LogP contribution in [0.1, 0.15) is 12.5 Å². The molecule has 2 aromatic rings. The Kier molecular flexibility index (Phi) is 6.72. The Morgan fingerprint density at radius 2 is 1.89 bits per heavy atom. The smallest absolute Gasteiger partial charge is 0.321 e. The predicted octanol–water partition coefficient (Wildman–Crippen LogP) is 4.14. The molecule has 0 spiro atoms. The summed E-state index contributed by atoms with van der Waals surface area (Å²) in [6.45, 7) is 1.54. The van der Waals surface area contributed by atoms with Gasteiger partial charge in [0.1, 0.15) is 10.9 Å². The van der Waals surface area contributed by atoms with Crippen molar-refractivity contribution in [3.05, 3.63) is 73.3 Å². The quantitative estimate of drug-likeness (QED) is 0.390. The van der Waals surface area contributed by atoms with E-state index in [2.05, 4.69) is 0 Å². The molecule has 27 heavy (non-hydrogen) atoms. The van der Waals surface area contributed by atoms with E-state index in [4.69, 9.17) is 11.6 Å². The standard InChI is InChI=1S/C16H14ClN3O6S/c1-10(16(21)22)18(9-11-4-2-3-5-13(11)17)27-15-7-6-12(19(23)24)8-14(15)20(25)26/h2-8,10H,9H2,1H3,(H,21,22). The zero-order valence-corrected chi connectivity index (χ0v) is 15.5. The highest BCUT2D eigenvalue weighted by molar-refractivity contribution is 7.97. The molecule has 0 fully saturated rings. The molecule has 142 valence electrons. The molecule has 9 nitrogen and oxygen atoms in total. The third kappa shape index (κ3) is 5.16. The van der Waals surface area contributed by atoms with Crippen molar-refractivity contribution >= 4 is 40.9 Å². The van der Waals surface area contributed by atoms with Gasteiger partial charge >= 0.3 is 5.97 Å². The second-order valence-electron chi connectivity index (χ2n) is 5.44. The summed E-state index contributed by atoms with van der Waals surface area (Å²) < 4.78 is 1.41. The maximum atomic E-state index is 11.5. The van der Waals surface area contributed by atoms with Gasteiger partial charge in [0.15, 0.2) is 0 Å². The largest absolute Gasteiger partial charge is 0.480 e. The number of hydrogen-bond acceptors (Lipinski definition) is 7. The van der Waals surface area contributed by atoms with Gasteiger partial charge in [0.25, 0.3) is 11.4 Å². The second kappa shape index (κ2) is 8.80. The van der Waals surface area contributed by atoms with E-state index in [0.717, 1.165) is 24.1 Å². The first-order valence-electron chi connectivity index (χ1n) is 7.54. The number of nitrogens with zero attached hydrogens (tertiary/aromatic N) is 3. The van der Waals surface area contributed by atoms with Crippen molar-refractivity contribution in [1.82, 2.24) is 4.31 Å². The average Bonchev–Trinajstić information content (AvgIpc) is 2.62. The first-order valence-corrected chi connectivity index (χ1v) is 8.69. The van der Waals surface area contributed by atoms with E-state index < -0.39 is 33.2 Å². The van der Waals surface area contributed by atoms with Crippen molar-refractivity contribution in [2.45, 2.75) is 24.4 Å². The number of aliphatic carboxylic acids is 1. The van der Waals surface area contributed by atoms with Crippen LogP contribution in [0.15, 0.2) is 47.4 Å². The molecule has 0 bridgehead atoms. The summed E-state index contributed by atoms with van der Waals surface area (Å²) in [4.78, 5) is 32.2. The summed E-state index contributed by atoms with van der Waals surface area (Å²) in [7, 11) is 0. The van der Waals surface area contributed by atoms with E-state index in [0.29, 0.717) is 10.6 Å². The molecular formula is C16H14ClN3O6S. The molecule has 1 N–H and O–H groups in total. The summed E-state index contributed by atoms with van der Waals surface area (Å²) in [5.41, 5.74) is -0.254. The van der Waals surface area contributed by atoms with Gasteiger partial charge in [-0.3, -0.25) is 25.0 Å². The van der Waals surface area contributed by atoms with Gasteiger partial charge in [0.05, 0.1) is 15.9 Å². The summed E-state index contributed by atoms with van der Waals surface area (Å²) in [6.07, 6.45) is 0. The molecule has 0 amide bonds. The third-order valence-electron chi connectivity index (χ3n) is 3.64. The summed E-state index contributed by atoms with van der Waals surface area (Å²) in [5, 5.41) is 32.0. The van der Waals surface area contributed by atoms with Crippen LogP contribution in [0.4, 0.5) is 11.4 Å². The van der Waals surface area contributed by atoms with Crippen LogP contribution in [-0.4, -0.2) is 31.3 Å². The van der Waals surface area contributed by atoms with E-state index in [9.17, 15) is 30.1 Å². The molecule has 1 unspecified atom stereocenters. The fourth-order valence-electron chi connectivity index (χ4n) is 2.13. The molecule has 0 radical (unpaired) electrons. The molecule has 0 aliphatic carbocycles. The molecule has 0 aliphatic heterocycles. The first-order chi connectivity index (χ1) is 12.7. The highest BCUT2D eigenvalue weighted by atomic mass is 35.5. The van der Waals surface area contributed by atoms with Gasteiger partial charge < -0.3 is 5.11 Å². The topological polar surface area (TPSA) is 127 Å². The Morgan fingerprint density at radius 3 is 2.44 bits per heavy atom. The molecule has 11 heteroatoms. The normalized spacial score (nSPS) is 12.0. The van der Waals surface area contributed by atoms with Crippen molar-refractivity contribution in [3.63, 3.8) is 0 Å². The van der Waals surface area contributed by atoms with E-state index >= 15 is 0 Å². The van der Waals surface area contributed by atoms with Crippen LogP contribution in [0.25, 0.3) is 0 Å². The fourth-order valence-corrected chi connectivity index (χ4v) is 3.39. The Bertz CT molecular complexity index is 894. The molecule has 0 saturated heterocycles. The molecular weight excluding hydrogens is 398 g/mol. The second-order valence-corrected chi connectivity index (χ2v) is 6.94. The minimum absolute atomic E-state index is 0.0887. The van der Waals surface area contributed by atoms with Crippen molar-refractivity contribution < 1.29 is 19.7 Å². The molecule has 0 saturated carbocycles. The predicted molar refractivity (Wildman–Crippen MR) is 99.7 cm³/mol. The van der Waals surface area contributed by atoms with Gasteiger partial charge in [-0.05, 0) is 36.6 Å². The first kappa shape index (κ1) is 20.6. The number of nitro groups is 2. The number of carbonyl (C=O) groups is 1. The van der Waals surface area contributed by atoms with Crippen LogP contribution in [0.3, 0.4) is 0 Å². The summed E-state index contributed by atoms with van der Waals surface area (Å²) >= 11 is 6.96. The van der Waals surface area contributed by atoms with Crippen LogP contribution < -0.4 is 0 Å². The maximum Gasteiger partial charge on any atom is 0.321 e. The van der Waals surface area contributed by atoms with Crippen LogP contribution >= 0.6 is 23.5 Å². The maximum absolute atomic E-state index is 11.5. The minimum atomic E-state index is -1.13. The van der Waals surface area contributed by atoms with Crippen molar-refractivity contribution in [3.8, 4) is 0 Å². The Hall–Kier alpha value is -2.69. The number of benzene rings is 2. The number of halogens is 1. The van der Waals surface area contributed by atoms with Crippen LogP contribution in [0, 0.1) is 20.2 Å². The Balaban J connectivity index is 2.40. The highest BCUT2D eigenvalue weighted by Gasteiger charge is 2.27. The number of hydrogen-bond donors (Lipinski definition) is 1. The minimum Gasteiger partial charge on any atom is -0.480 e. The van der Waals surface area contributed by atoms with Crippen molar-refractivity contribution in [2.24, 2.45) is 0 Å². The van der Waals surface area contributed by atoms with E-state index in [-0.39, 0.29) is 11.4 Å². The SMILES string of the molecule is CC(C(=O)O)N(Cc1ccccc1Cl)Sc1ccc([N+](=O)[O-])cc1[N+](=O)[O-]. The zero-order chi connectivity index (χ0) is 20.1. The summed E-state index contributed by atoms with van der Waals surface area (Å²) in [5.74, 6) is -1.13. The molecule has 0 aromatic heterocycles. The van der Waals surface area contributed by atoms with Gasteiger partial charge in [-0.1, -0.05) is 29.8 Å². The lowest BCUT2D eigenvalue weighted by Gasteiger charge is -2.25. The zero-order valence-electron chi connectivity index (χ0n) is 13.9. The molecule has 1 atom stereocenters. The Labute approximate surface area is 163 Å². The number of nitro benzene ring substituents is 2. The monoisotopic (exact) mass is 411 g/mol. The van der Waals surface area contributed by atoms with Gasteiger partial charge in [-0.2, -0.15) is 0 Å². The van der Waals surface area contributed by atoms with Crippen LogP contribution in [0.2, 0.25) is 5.02 Å². The molecule has 0 aliphatic rings. The van der Waals surface area contributed by atoms with Crippen LogP contribution in [-0.2, 0) is 11.3 Å². The fraction of sp³-hybridized carbons (Fsp3) is 0.188. The van der Waals surface area contributed by atoms with Gasteiger partial charge in [0.2, 0.25) is 0 Å². The van der Waals surface area contributed by atoms with Gasteiger partial charge in [-0.15, -0.1) is 0 Å². The van der Waals surface area contributed by atoms with E-state index in [1.54, 1.807) is 24.3 Å². The van der Waals surface area contributed by atoms with Gasteiger partial charge in [0, 0.05) is 17.6 Å². The molecule has 2 rings (SSSR count). The lowest BCUT2D eigenvalue weighted by atomic mass is 10.2. The van der Waals surface area contributed by atoms with Crippen molar-refractivity contribution in [1.29, 1.82) is 0 Å². The summed E-state index contributed by atoms with van der Waals surface area (Å²) in [6, 6.07) is 9.05. The average molecular weight is 412 g/mol. The van der Waals surface area contributed by atoms with Crippen molar-refractivity contribution in [2.75, 3.05) is 0 Å². The lowest BCUT2D eigenvalue weighted by Crippen LogP contribution is -2.33. The van der Waals surface area contributed by atoms with E-state index in [1.165, 1.54) is 17.3 Å². The number of non-ortho nitro benzene ring substituents is 1. The third-order valence-corrected chi connectivity index (χ3v) is 5.23. The molecule has 0 heterocycles. The highest BCUT2D eigenvalue weighted by Crippen LogP contribution is 2.36. The number of carboxylic acid groups (broad SMARTS) is 1. The number of carboxylic acids is 1. The van der Waals surface area contributed by atoms with E-state index in [1.807, 2.05) is 0 Å².